The number of nitro benzene ring substituents is 1. The van der Waals surface area contributed by atoms with Crippen LogP contribution in [0.5, 0.6) is 0 Å². The predicted octanol–water partition coefficient (Wildman–Crippen LogP) is 4.69. The number of ether oxygens (including phenoxy) is 2. The SMILES string of the molecule is COC(=O)C1=C(C)NC(C)=C(C(=O)OCCC2CC(c3ccc(C)cc3)=CCN2)C1c1cccc([N+](=O)[O-])c1. The Balaban J connectivity index is 1.51. The molecule has 9 heteroatoms. The Morgan fingerprint density at radius 3 is 2.38 bits per heavy atom. The van der Waals surface area contributed by atoms with Crippen LogP contribution < -0.4 is 10.6 Å². The van der Waals surface area contributed by atoms with E-state index in [2.05, 4.69) is 47.9 Å². The normalized spacial score (nSPS) is 19.2. The third-order valence-corrected chi connectivity index (χ3v) is 7.14. The first-order valence-electron chi connectivity index (χ1n) is 12.9. The van der Waals surface area contributed by atoms with Crippen molar-refractivity contribution >= 4 is 23.2 Å². The minimum absolute atomic E-state index is 0.138. The molecule has 0 saturated heterocycles. The third-order valence-electron chi connectivity index (χ3n) is 7.14. The van der Waals surface area contributed by atoms with Gasteiger partial charge in [-0.1, -0.05) is 48.0 Å². The molecular formula is C30H33N3O6. The fraction of sp³-hybridized carbons (Fsp3) is 0.333. The second kappa shape index (κ2) is 12.1. The average Bonchev–Trinajstić information content (AvgIpc) is 2.92. The largest absolute Gasteiger partial charge is 0.466 e. The number of non-ortho nitro benzene ring substituents is 1. The summed E-state index contributed by atoms with van der Waals surface area (Å²) in [5.41, 5.74) is 5.40. The molecule has 0 spiro atoms. The second-order valence-corrected chi connectivity index (χ2v) is 9.81. The number of methoxy groups -OCH3 is 1. The summed E-state index contributed by atoms with van der Waals surface area (Å²) in [7, 11) is 1.26. The molecule has 2 aliphatic rings. The van der Waals surface area contributed by atoms with Crippen molar-refractivity contribution in [1.82, 2.24) is 10.6 Å². The number of nitrogens with zero attached hydrogens (tertiary/aromatic N) is 1. The lowest BCUT2D eigenvalue weighted by Crippen LogP contribution is -2.35. The topological polar surface area (TPSA) is 120 Å². The van der Waals surface area contributed by atoms with E-state index in [9.17, 15) is 19.7 Å². The molecule has 2 aromatic carbocycles. The molecule has 2 heterocycles. The zero-order valence-corrected chi connectivity index (χ0v) is 22.6. The van der Waals surface area contributed by atoms with Crippen LogP contribution in [0.4, 0.5) is 5.69 Å². The molecule has 39 heavy (non-hydrogen) atoms. The highest BCUT2D eigenvalue weighted by Gasteiger charge is 2.38. The highest BCUT2D eigenvalue weighted by atomic mass is 16.6. The lowest BCUT2D eigenvalue weighted by Gasteiger charge is -2.30. The number of esters is 2. The van der Waals surface area contributed by atoms with Crippen molar-refractivity contribution in [3.05, 3.63) is 104 Å². The van der Waals surface area contributed by atoms with Crippen LogP contribution in [0.2, 0.25) is 0 Å². The lowest BCUT2D eigenvalue weighted by atomic mass is 9.80. The first kappa shape index (κ1) is 27.8. The number of aryl methyl sites for hydroxylation is 1. The van der Waals surface area contributed by atoms with Crippen LogP contribution in [0.3, 0.4) is 0 Å². The van der Waals surface area contributed by atoms with Crippen molar-refractivity contribution < 1.29 is 24.0 Å². The van der Waals surface area contributed by atoms with Crippen molar-refractivity contribution in [2.75, 3.05) is 20.3 Å². The summed E-state index contributed by atoms with van der Waals surface area (Å²) in [5, 5.41) is 18.0. The predicted molar refractivity (Wildman–Crippen MR) is 148 cm³/mol. The molecule has 0 aromatic heterocycles. The van der Waals surface area contributed by atoms with E-state index in [1.54, 1.807) is 19.9 Å². The molecule has 0 saturated carbocycles. The Bertz CT molecular complexity index is 1370. The number of carbonyl (C=O) groups excluding carboxylic acids is 2. The highest BCUT2D eigenvalue weighted by Crippen LogP contribution is 2.40. The molecule has 4 rings (SSSR count). The van der Waals surface area contributed by atoms with Gasteiger partial charge < -0.3 is 20.1 Å². The molecule has 2 unspecified atom stereocenters. The molecule has 0 fully saturated rings. The van der Waals surface area contributed by atoms with Gasteiger partial charge in [0.2, 0.25) is 0 Å². The van der Waals surface area contributed by atoms with Crippen LogP contribution in [-0.4, -0.2) is 43.2 Å². The van der Waals surface area contributed by atoms with Crippen molar-refractivity contribution in [2.45, 2.75) is 45.6 Å². The van der Waals surface area contributed by atoms with Gasteiger partial charge in [-0.15, -0.1) is 0 Å². The van der Waals surface area contributed by atoms with Crippen LogP contribution >= 0.6 is 0 Å². The summed E-state index contributed by atoms with van der Waals surface area (Å²) < 4.78 is 10.7. The first-order chi connectivity index (χ1) is 18.7. The van der Waals surface area contributed by atoms with Crippen LogP contribution in [0.25, 0.3) is 5.57 Å². The molecule has 2 N–H and O–H groups in total. The number of hydrogen-bond acceptors (Lipinski definition) is 8. The van der Waals surface area contributed by atoms with E-state index in [1.807, 2.05) is 0 Å². The standard InChI is InChI=1S/C30H33N3O6/c1-18-8-10-21(11-9-18)22-12-14-31-24(16-22)13-15-39-30(35)27-20(3)32-19(2)26(29(34)38-4)28(27)23-6-5-7-25(17-23)33(36)37/h5-12,17,24,28,31-32H,13-16H2,1-4H3. The fourth-order valence-corrected chi connectivity index (χ4v) is 5.15. The molecule has 0 bridgehead atoms. The smallest absolute Gasteiger partial charge is 0.336 e. The van der Waals surface area contributed by atoms with Crippen LogP contribution in [-0.2, 0) is 19.1 Å². The third kappa shape index (κ3) is 6.26. The van der Waals surface area contributed by atoms with E-state index in [0.717, 1.165) is 13.0 Å². The summed E-state index contributed by atoms with van der Waals surface area (Å²) in [6.07, 6.45) is 3.60. The van der Waals surface area contributed by atoms with Gasteiger partial charge in [0.1, 0.15) is 0 Å². The van der Waals surface area contributed by atoms with Crippen molar-refractivity contribution in [2.24, 2.45) is 0 Å². The Morgan fingerprint density at radius 1 is 1.03 bits per heavy atom. The number of allylic oxidation sites excluding steroid dienone is 2. The van der Waals surface area contributed by atoms with Crippen molar-refractivity contribution in [1.29, 1.82) is 0 Å². The zero-order valence-electron chi connectivity index (χ0n) is 22.6. The molecule has 204 valence electrons. The summed E-state index contributed by atoms with van der Waals surface area (Å²) in [4.78, 5) is 37.2. The second-order valence-electron chi connectivity index (χ2n) is 9.81. The Hall–Kier alpha value is -4.24. The van der Waals surface area contributed by atoms with Gasteiger partial charge in [-0.3, -0.25) is 10.1 Å². The quantitative estimate of drug-likeness (QED) is 0.286. The maximum atomic E-state index is 13.5. The summed E-state index contributed by atoms with van der Waals surface area (Å²) in [6, 6.07) is 14.5. The number of benzene rings is 2. The van der Waals surface area contributed by atoms with Gasteiger partial charge in [0.05, 0.1) is 35.7 Å². The number of dihydropyridines is 1. The maximum Gasteiger partial charge on any atom is 0.336 e. The van der Waals surface area contributed by atoms with E-state index < -0.39 is 22.8 Å². The van der Waals surface area contributed by atoms with Crippen LogP contribution in [0, 0.1) is 17.0 Å². The van der Waals surface area contributed by atoms with E-state index in [4.69, 9.17) is 9.47 Å². The zero-order chi connectivity index (χ0) is 28.1. The van der Waals surface area contributed by atoms with Gasteiger partial charge in [-0.2, -0.15) is 0 Å². The number of rotatable bonds is 8. The minimum atomic E-state index is -0.880. The van der Waals surface area contributed by atoms with E-state index >= 15 is 0 Å². The van der Waals surface area contributed by atoms with Gasteiger partial charge in [0.15, 0.2) is 0 Å². The number of carbonyl (C=O) groups is 2. The molecule has 0 radical (unpaired) electrons. The van der Waals surface area contributed by atoms with Gasteiger partial charge in [-0.25, -0.2) is 9.59 Å². The van der Waals surface area contributed by atoms with Gasteiger partial charge in [0.25, 0.3) is 5.69 Å². The first-order valence-corrected chi connectivity index (χ1v) is 12.9. The average molecular weight is 532 g/mol. The van der Waals surface area contributed by atoms with Gasteiger partial charge >= 0.3 is 11.9 Å². The molecule has 2 atom stereocenters. The Morgan fingerprint density at radius 2 is 1.72 bits per heavy atom. The van der Waals surface area contributed by atoms with Gasteiger partial charge in [-0.05, 0) is 50.3 Å². The highest BCUT2D eigenvalue weighted by molar-refractivity contribution is 5.99. The number of nitrogens with one attached hydrogen (secondary N) is 2. The van der Waals surface area contributed by atoms with Crippen molar-refractivity contribution in [3.8, 4) is 0 Å². The van der Waals surface area contributed by atoms with E-state index in [1.165, 1.54) is 42.0 Å². The fourth-order valence-electron chi connectivity index (χ4n) is 5.15. The number of nitro groups is 1. The summed E-state index contributed by atoms with van der Waals surface area (Å²) in [6.45, 7) is 6.39. The molecular weight excluding hydrogens is 498 g/mol. The molecule has 9 nitrogen and oxygen atoms in total. The maximum absolute atomic E-state index is 13.5. The molecule has 2 aliphatic heterocycles. The summed E-state index contributed by atoms with van der Waals surface area (Å²) in [5.74, 6) is -2.10. The Kier molecular flexibility index (Phi) is 8.61. The van der Waals surface area contributed by atoms with Crippen molar-refractivity contribution in [3.63, 3.8) is 0 Å². The molecule has 0 amide bonds. The minimum Gasteiger partial charge on any atom is -0.466 e. The van der Waals surface area contributed by atoms with Gasteiger partial charge in [0, 0.05) is 36.1 Å². The molecule has 0 aliphatic carbocycles. The monoisotopic (exact) mass is 531 g/mol. The molecule has 2 aromatic rings. The van der Waals surface area contributed by atoms with E-state index in [-0.39, 0.29) is 29.5 Å². The van der Waals surface area contributed by atoms with Crippen LogP contribution in [0.1, 0.15) is 49.3 Å². The van der Waals surface area contributed by atoms with Crippen LogP contribution in [0.15, 0.2) is 77.1 Å². The lowest BCUT2D eigenvalue weighted by molar-refractivity contribution is -0.384. The summed E-state index contributed by atoms with van der Waals surface area (Å²) >= 11 is 0. The number of hydrogen-bond donors (Lipinski definition) is 2. The van der Waals surface area contributed by atoms with E-state index in [0.29, 0.717) is 23.4 Å². The Labute approximate surface area is 227 Å².